The van der Waals surface area contributed by atoms with E-state index in [0.29, 0.717) is 49.0 Å². The number of pyridine rings is 3. The highest BCUT2D eigenvalue weighted by atomic mass is 19.1. The topological polar surface area (TPSA) is 121 Å². The Morgan fingerprint density at radius 1 is 1.05 bits per heavy atom. The molecule has 8 nitrogen and oxygen atoms in total. The third kappa shape index (κ3) is 5.87. The maximum Gasteiger partial charge on any atom is 0.218 e. The highest BCUT2D eigenvalue weighted by molar-refractivity contribution is 5.76. The minimum atomic E-state index is -0.409. The van der Waals surface area contributed by atoms with E-state index in [0.717, 1.165) is 35.5 Å². The smallest absolute Gasteiger partial charge is 0.218 e. The Labute approximate surface area is 238 Å². The van der Waals surface area contributed by atoms with E-state index in [9.17, 15) is 14.4 Å². The summed E-state index contributed by atoms with van der Waals surface area (Å²) in [6.07, 6.45) is 7.43. The summed E-state index contributed by atoms with van der Waals surface area (Å²) in [4.78, 5) is 28.1. The molecule has 1 aliphatic heterocycles. The Balaban J connectivity index is 1.20. The van der Waals surface area contributed by atoms with E-state index in [1.165, 1.54) is 17.7 Å². The first-order valence-electron chi connectivity index (χ1n) is 13.8. The molecule has 0 atom stereocenters. The van der Waals surface area contributed by atoms with Crippen molar-refractivity contribution in [3.05, 3.63) is 95.6 Å². The molecule has 2 aliphatic rings. The molecule has 4 aromatic rings. The van der Waals surface area contributed by atoms with Crippen molar-refractivity contribution >= 4 is 23.4 Å². The number of carbonyl (C=O) groups excluding carboxylic acids is 1. The van der Waals surface area contributed by atoms with Gasteiger partial charge >= 0.3 is 0 Å². The Morgan fingerprint density at radius 3 is 2.49 bits per heavy atom. The molecule has 1 amide bonds. The summed E-state index contributed by atoms with van der Waals surface area (Å²) in [7, 11) is 0. The van der Waals surface area contributed by atoms with Gasteiger partial charge in [0.2, 0.25) is 5.91 Å². The van der Waals surface area contributed by atoms with Crippen LogP contribution in [0.15, 0.2) is 73.1 Å². The molecular formula is C32H30FN7O. The van der Waals surface area contributed by atoms with Gasteiger partial charge in [-0.3, -0.25) is 4.79 Å². The van der Waals surface area contributed by atoms with Gasteiger partial charge in [0.05, 0.1) is 17.3 Å². The fraction of sp³-hybridized carbons (Fsp3) is 0.281. The van der Waals surface area contributed by atoms with Gasteiger partial charge in [0.25, 0.3) is 0 Å². The first kappa shape index (κ1) is 26.4. The van der Waals surface area contributed by atoms with E-state index in [1.54, 1.807) is 30.5 Å². The summed E-state index contributed by atoms with van der Waals surface area (Å²) in [5, 5.41) is 12.5. The summed E-state index contributed by atoms with van der Waals surface area (Å²) in [5.74, 6) is 1.98. The van der Waals surface area contributed by atoms with E-state index in [1.807, 2.05) is 18.3 Å². The normalized spacial score (nSPS) is 16.1. The number of halogens is 1. The molecule has 2 fully saturated rings. The lowest BCUT2D eigenvalue weighted by atomic mass is 9.70. The molecule has 1 aliphatic carbocycles. The minimum Gasteiger partial charge on any atom is -0.370 e. The van der Waals surface area contributed by atoms with Crippen LogP contribution in [-0.4, -0.2) is 33.9 Å². The molecule has 0 radical (unpaired) electrons. The number of anilines is 3. The average molecular weight is 548 g/mol. The van der Waals surface area contributed by atoms with Crippen molar-refractivity contribution in [1.29, 1.82) is 5.26 Å². The molecule has 1 saturated heterocycles. The number of carbonyl (C=O) groups is 1. The molecule has 0 spiro atoms. The Hall–Kier alpha value is -4.84. The lowest BCUT2D eigenvalue weighted by Gasteiger charge is -2.42. The summed E-state index contributed by atoms with van der Waals surface area (Å²) in [6, 6.07) is 20.1. The van der Waals surface area contributed by atoms with E-state index >= 15 is 0 Å². The number of primary amides is 1. The van der Waals surface area contributed by atoms with E-state index in [4.69, 9.17) is 15.7 Å². The first-order valence-corrected chi connectivity index (χ1v) is 13.8. The number of amides is 1. The van der Waals surface area contributed by atoms with Crippen LogP contribution < -0.4 is 16.0 Å². The minimum absolute atomic E-state index is 0.231. The fourth-order valence-electron chi connectivity index (χ4n) is 5.71. The second kappa shape index (κ2) is 11.0. The second-order valence-corrected chi connectivity index (χ2v) is 10.9. The number of nitriles is 1. The zero-order valence-corrected chi connectivity index (χ0v) is 22.6. The van der Waals surface area contributed by atoms with Crippen molar-refractivity contribution in [1.82, 2.24) is 15.0 Å². The van der Waals surface area contributed by atoms with Gasteiger partial charge in [-0.2, -0.15) is 5.26 Å². The van der Waals surface area contributed by atoms with Crippen molar-refractivity contribution in [3.63, 3.8) is 0 Å². The molecule has 41 heavy (non-hydrogen) atoms. The number of piperidine rings is 1. The van der Waals surface area contributed by atoms with Crippen LogP contribution in [0, 0.1) is 17.1 Å². The zero-order valence-electron chi connectivity index (χ0n) is 22.6. The average Bonchev–Trinajstić information content (AvgIpc) is 3.84. The number of nitrogens with zero attached hydrogens (tertiary/aromatic N) is 5. The number of aromatic nitrogens is 3. The third-order valence-electron chi connectivity index (χ3n) is 8.10. The Kier molecular flexibility index (Phi) is 7.06. The summed E-state index contributed by atoms with van der Waals surface area (Å²) in [6.45, 7) is 1.41. The van der Waals surface area contributed by atoms with Crippen LogP contribution in [0.3, 0.4) is 0 Å². The zero-order chi connectivity index (χ0) is 28.4. The van der Waals surface area contributed by atoms with Crippen LogP contribution in [0.25, 0.3) is 11.3 Å². The summed E-state index contributed by atoms with van der Waals surface area (Å²) in [5.41, 5.74) is 9.65. The van der Waals surface area contributed by atoms with Crippen molar-refractivity contribution in [2.24, 2.45) is 5.73 Å². The van der Waals surface area contributed by atoms with Crippen molar-refractivity contribution in [2.45, 2.75) is 43.4 Å². The molecule has 3 aromatic heterocycles. The maximum atomic E-state index is 13.6. The van der Waals surface area contributed by atoms with Crippen LogP contribution in [0.4, 0.5) is 21.8 Å². The molecule has 9 heteroatoms. The van der Waals surface area contributed by atoms with Gasteiger partial charge in [-0.15, -0.1) is 0 Å². The SMILES string of the molecule is N#Cc1ccnc(Nc2cc(C3CC3)cc(-c3ccc(N4CCC(CC(N)=O)(c5ccc(F)cc5)CC4)nc3)n2)c1. The van der Waals surface area contributed by atoms with Gasteiger partial charge in [0.1, 0.15) is 23.3 Å². The molecule has 1 aromatic carbocycles. The molecular weight excluding hydrogens is 517 g/mol. The van der Waals surface area contributed by atoms with Crippen LogP contribution in [0.2, 0.25) is 0 Å². The van der Waals surface area contributed by atoms with Gasteiger partial charge in [0, 0.05) is 42.9 Å². The van der Waals surface area contributed by atoms with Crippen LogP contribution >= 0.6 is 0 Å². The molecule has 1 saturated carbocycles. The molecule has 3 N–H and O–H groups in total. The van der Waals surface area contributed by atoms with E-state index < -0.39 is 5.41 Å². The van der Waals surface area contributed by atoms with Gasteiger partial charge in [-0.1, -0.05) is 12.1 Å². The van der Waals surface area contributed by atoms with Crippen molar-refractivity contribution in [2.75, 3.05) is 23.3 Å². The van der Waals surface area contributed by atoms with Gasteiger partial charge in [-0.05, 0) is 91.3 Å². The van der Waals surface area contributed by atoms with Gasteiger partial charge in [0.15, 0.2) is 0 Å². The molecule has 6 rings (SSSR count). The van der Waals surface area contributed by atoms with Gasteiger partial charge < -0.3 is 16.0 Å². The number of nitrogens with one attached hydrogen (secondary N) is 1. The lowest BCUT2D eigenvalue weighted by molar-refractivity contribution is -0.119. The van der Waals surface area contributed by atoms with E-state index in [-0.39, 0.29) is 18.1 Å². The van der Waals surface area contributed by atoms with Crippen LogP contribution in [0.5, 0.6) is 0 Å². The maximum absolute atomic E-state index is 13.6. The first-order chi connectivity index (χ1) is 19.9. The second-order valence-electron chi connectivity index (χ2n) is 10.9. The molecule has 0 bridgehead atoms. The summed E-state index contributed by atoms with van der Waals surface area (Å²) >= 11 is 0. The molecule has 0 unspecified atom stereocenters. The number of nitrogens with two attached hydrogens (primary N) is 1. The monoisotopic (exact) mass is 547 g/mol. The highest BCUT2D eigenvalue weighted by Gasteiger charge is 2.38. The Bertz CT molecular complexity index is 1600. The molecule has 206 valence electrons. The predicted molar refractivity (Wildman–Crippen MR) is 155 cm³/mol. The quantitative estimate of drug-likeness (QED) is 0.295. The number of rotatable bonds is 8. The number of hydrogen-bond acceptors (Lipinski definition) is 7. The van der Waals surface area contributed by atoms with Crippen LogP contribution in [-0.2, 0) is 10.2 Å². The lowest BCUT2D eigenvalue weighted by Crippen LogP contribution is -2.45. The highest BCUT2D eigenvalue weighted by Crippen LogP contribution is 2.42. The largest absolute Gasteiger partial charge is 0.370 e. The number of benzene rings is 1. The van der Waals surface area contributed by atoms with E-state index in [2.05, 4.69) is 33.4 Å². The fourth-order valence-corrected chi connectivity index (χ4v) is 5.71. The van der Waals surface area contributed by atoms with Crippen molar-refractivity contribution in [3.8, 4) is 17.3 Å². The summed E-state index contributed by atoms with van der Waals surface area (Å²) < 4.78 is 13.6. The Morgan fingerprint density at radius 2 is 1.83 bits per heavy atom. The van der Waals surface area contributed by atoms with Crippen molar-refractivity contribution < 1.29 is 9.18 Å². The van der Waals surface area contributed by atoms with Crippen LogP contribution in [0.1, 0.15) is 54.7 Å². The molecule has 4 heterocycles. The number of hydrogen-bond donors (Lipinski definition) is 2. The standard InChI is InChI=1S/C32H30FN7O/c33-26-6-4-25(5-7-26)32(18-28(35)41)10-13-40(14-11-32)31-8-3-23(20-37-31)27-16-24(22-1-2-22)17-30(38-27)39-29-15-21(19-34)9-12-36-29/h3-9,12,15-17,20,22H,1-2,10-11,13-14,18H2,(H2,35,41)(H,36,38,39). The predicted octanol–water partition coefficient (Wildman–Crippen LogP) is 5.58. The van der Waals surface area contributed by atoms with Gasteiger partial charge in [-0.25, -0.2) is 19.3 Å². The third-order valence-corrected chi connectivity index (χ3v) is 8.10.